The van der Waals surface area contributed by atoms with Gasteiger partial charge in [-0.1, -0.05) is 48.1 Å². The highest BCUT2D eigenvalue weighted by Gasteiger charge is 2.27. The molecule has 160 valence electrons. The van der Waals surface area contributed by atoms with Gasteiger partial charge in [-0.2, -0.15) is 4.98 Å². The number of hydrogen-bond donors (Lipinski definition) is 1. The molecular weight excluding hydrogens is 392 g/mol. The number of carbonyl (C=O) groups excluding carboxylic acids is 1. The number of carbonyl (C=O) groups is 1. The highest BCUT2D eigenvalue weighted by Crippen LogP contribution is 2.22. The van der Waals surface area contributed by atoms with Crippen molar-refractivity contribution >= 4 is 11.6 Å². The van der Waals surface area contributed by atoms with Gasteiger partial charge in [-0.05, 0) is 43.7 Å². The van der Waals surface area contributed by atoms with Crippen LogP contribution in [0.3, 0.4) is 0 Å². The van der Waals surface area contributed by atoms with Crippen LogP contribution in [0.15, 0.2) is 71.8 Å². The maximum absolute atomic E-state index is 12.8. The first-order valence-electron chi connectivity index (χ1n) is 10.5. The van der Waals surface area contributed by atoms with Crippen molar-refractivity contribution in [3.8, 4) is 17.1 Å². The van der Waals surface area contributed by atoms with Crippen LogP contribution in [-0.2, 0) is 11.3 Å². The molecule has 1 N–H and O–H groups in total. The molecule has 0 bridgehead atoms. The van der Waals surface area contributed by atoms with Gasteiger partial charge in [0.25, 0.3) is 0 Å². The van der Waals surface area contributed by atoms with Gasteiger partial charge in [-0.25, -0.2) is 0 Å². The molecule has 1 aliphatic heterocycles. The number of amides is 1. The zero-order chi connectivity index (χ0) is 21.5. The molecule has 7 heteroatoms. The van der Waals surface area contributed by atoms with E-state index in [1.165, 1.54) is 0 Å². The summed E-state index contributed by atoms with van der Waals surface area (Å²) < 4.78 is 10.9. The minimum absolute atomic E-state index is 0.0277. The summed E-state index contributed by atoms with van der Waals surface area (Å²) in [6.45, 7) is 6.20. The summed E-state index contributed by atoms with van der Waals surface area (Å²) in [5, 5.41) is 7.09. The Balaban J connectivity index is 1.31. The standard InChI is InChI=1S/C24H26N4O3/c1-2-15-30-21-12-10-20(11-13-21)25-24(29)19-9-6-14-28(16-19)17-22-26-23(27-31-22)18-7-4-3-5-8-18/h2-5,7-8,10-13,19H,1,6,9,14-17H2,(H,25,29). The van der Waals surface area contributed by atoms with E-state index in [4.69, 9.17) is 9.26 Å². The van der Waals surface area contributed by atoms with Crippen LogP contribution in [0.1, 0.15) is 18.7 Å². The fourth-order valence-electron chi connectivity index (χ4n) is 3.66. The van der Waals surface area contributed by atoms with Crippen molar-refractivity contribution in [2.24, 2.45) is 5.92 Å². The van der Waals surface area contributed by atoms with Gasteiger partial charge in [0.1, 0.15) is 12.4 Å². The first kappa shape index (κ1) is 20.8. The quantitative estimate of drug-likeness (QED) is 0.554. The molecule has 2 aromatic carbocycles. The summed E-state index contributed by atoms with van der Waals surface area (Å²) in [5.41, 5.74) is 1.69. The second-order valence-corrected chi connectivity index (χ2v) is 7.57. The topological polar surface area (TPSA) is 80.5 Å². The molecule has 3 aromatic rings. The SMILES string of the molecule is C=CCOc1ccc(NC(=O)C2CCCN(Cc3nc(-c4ccccc4)no3)C2)cc1. The molecule has 1 aliphatic rings. The Morgan fingerprint density at radius 2 is 2.03 bits per heavy atom. The third kappa shape index (κ3) is 5.58. The van der Waals surface area contributed by atoms with Crippen LogP contribution in [0.25, 0.3) is 11.4 Å². The van der Waals surface area contributed by atoms with Crippen LogP contribution in [0.4, 0.5) is 5.69 Å². The molecule has 2 heterocycles. The van der Waals surface area contributed by atoms with Crippen molar-refractivity contribution in [1.29, 1.82) is 0 Å². The Bertz CT molecular complexity index is 1000. The highest BCUT2D eigenvalue weighted by atomic mass is 16.5. The molecule has 4 rings (SSSR count). The van der Waals surface area contributed by atoms with Crippen molar-refractivity contribution in [2.75, 3.05) is 25.0 Å². The number of ether oxygens (including phenoxy) is 1. The lowest BCUT2D eigenvalue weighted by molar-refractivity contribution is -0.121. The van der Waals surface area contributed by atoms with Crippen LogP contribution >= 0.6 is 0 Å². The Hall–Kier alpha value is -3.45. The Morgan fingerprint density at radius 1 is 1.23 bits per heavy atom. The van der Waals surface area contributed by atoms with E-state index in [-0.39, 0.29) is 11.8 Å². The molecule has 0 aliphatic carbocycles. The molecule has 1 unspecified atom stereocenters. The summed E-state index contributed by atoms with van der Waals surface area (Å²) >= 11 is 0. The van der Waals surface area contributed by atoms with Crippen molar-refractivity contribution in [1.82, 2.24) is 15.0 Å². The summed E-state index contributed by atoms with van der Waals surface area (Å²) in [5.74, 6) is 1.84. The van der Waals surface area contributed by atoms with Crippen LogP contribution in [0.5, 0.6) is 5.75 Å². The lowest BCUT2D eigenvalue weighted by Gasteiger charge is -2.30. The van der Waals surface area contributed by atoms with Crippen molar-refractivity contribution < 1.29 is 14.1 Å². The normalized spacial score (nSPS) is 16.6. The van der Waals surface area contributed by atoms with E-state index >= 15 is 0 Å². The van der Waals surface area contributed by atoms with Crippen molar-refractivity contribution in [3.05, 3.63) is 73.1 Å². The molecule has 1 saturated heterocycles. The monoisotopic (exact) mass is 418 g/mol. The molecule has 31 heavy (non-hydrogen) atoms. The molecule has 0 spiro atoms. The Morgan fingerprint density at radius 3 is 2.81 bits per heavy atom. The molecule has 0 saturated carbocycles. The average molecular weight is 418 g/mol. The fourth-order valence-corrected chi connectivity index (χ4v) is 3.66. The van der Waals surface area contributed by atoms with E-state index in [2.05, 4.69) is 26.9 Å². The maximum Gasteiger partial charge on any atom is 0.241 e. The zero-order valence-electron chi connectivity index (χ0n) is 17.4. The number of piperidine rings is 1. The number of rotatable bonds is 8. The van der Waals surface area contributed by atoms with E-state index in [0.717, 1.165) is 36.4 Å². The second-order valence-electron chi connectivity index (χ2n) is 7.57. The zero-order valence-corrected chi connectivity index (χ0v) is 17.4. The van der Waals surface area contributed by atoms with Crippen LogP contribution in [0, 0.1) is 5.92 Å². The fraction of sp³-hybridized carbons (Fsp3) is 0.292. The van der Waals surface area contributed by atoms with Gasteiger partial charge in [-0.3, -0.25) is 9.69 Å². The van der Waals surface area contributed by atoms with Crippen LogP contribution < -0.4 is 10.1 Å². The van der Waals surface area contributed by atoms with E-state index < -0.39 is 0 Å². The molecule has 1 atom stereocenters. The summed E-state index contributed by atoms with van der Waals surface area (Å²) in [7, 11) is 0. The van der Waals surface area contributed by atoms with Gasteiger partial charge >= 0.3 is 0 Å². The number of hydrogen-bond acceptors (Lipinski definition) is 6. The number of anilines is 1. The van der Waals surface area contributed by atoms with Crippen molar-refractivity contribution in [2.45, 2.75) is 19.4 Å². The lowest BCUT2D eigenvalue weighted by Crippen LogP contribution is -2.40. The third-order valence-electron chi connectivity index (χ3n) is 5.22. The lowest BCUT2D eigenvalue weighted by atomic mass is 9.97. The molecular formula is C24H26N4O3. The average Bonchev–Trinajstić information content (AvgIpc) is 3.28. The summed E-state index contributed by atoms with van der Waals surface area (Å²) in [6.07, 6.45) is 3.51. The van der Waals surface area contributed by atoms with E-state index in [1.54, 1.807) is 6.08 Å². The molecule has 0 radical (unpaired) electrons. The van der Waals surface area contributed by atoms with E-state index in [9.17, 15) is 4.79 Å². The van der Waals surface area contributed by atoms with E-state index in [0.29, 0.717) is 31.4 Å². The number of nitrogens with zero attached hydrogens (tertiary/aromatic N) is 3. The summed E-state index contributed by atoms with van der Waals surface area (Å²) in [6, 6.07) is 17.1. The third-order valence-corrected chi connectivity index (χ3v) is 5.22. The first-order chi connectivity index (χ1) is 15.2. The van der Waals surface area contributed by atoms with Gasteiger partial charge in [0.15, 0.2) is 0 Å². The maximum atomic E-state index is 12.8. The van der Waals surface area contributed by atoms with Crippen LogP contribution in [-0.4, -0.2) is 40.6 Å². The minimum Gasteiger partial charge on any atom is -0.490 e. The molecule has 7 nitrogen and oxygen atoms in total. The number of nitrogens with one attached hydrogen (secondary N) is 1. The van der Waals surface area contributed by atoms with Gasteiger partial charge in [0.05, 0.1) is 12.5 Å². The first-order valence-corrected chi connectivity index (χ1v) is 10.5. The largest absolute Gasteiger partial charge is 0.490 e. The van der Waals surface area contributed by atoms with Gasteiger partial charge in [-0.15, -0.1) is 0 Å². The molecule has 1 amide bonds. The Kier molecular flexibility index (Phi) is 6.74. The van der Waals surface area contributed by atoms with Gasteiger partial charge in [0, 0.05) is 17.8 Å². The number of aromatic nitrogens is 2. The second kappa shape index (κ2) is 10.0. The van der Waals surface area contributed by atoms with Crippen LogP contribution in [0.2, 0.25) is 0 Å². The number of benzene rings is 2. The predicted molar refractivity (Wildman–Crippen MR) is 118 cm³/mol. The molecule has 1 aromatic heterocycles. The van der Waals surface area contributed by atoms with E-state index in [1.807, 2.05) is 54.6 Å². The highest BCUT2D eigenvalue weighted by molar-refractivity contribution is 5.92. The minimum atomic E-state index is -0.0815. The predicted octanol–water partition coefficient (Wildman–Crippen LogP) is 4.15. The molecule has 1 fully saturated rings. The van der Waals surface area contributed by atoms with Gasteiger partial charge < -0.3 is 14.6 Å². The smallest absolute Gasteiger partial charge is 0.241 e. The van der Waals surface area contributed by atoms with Crippen molar-refractivity contribution in [3.63, 3.8) is 0 Å². The van der Waals surface area contributed by atoms with Gasteiger partial charge in [0.2, 0.25) is 17.6 Å². The Labute approximate surface area is 181 Å². The number of likely N-dealkylation sites (tertiary alicyclic amines) is 1. The summed E-state index contributed by atoms with van der Waals surface area (Å²) in [4.78, 5) is 19.5.